The van der Waals surface area contributed by atoms with Crippen LogP contribution in [0.2, 0.25) is 0 Å². The van der Waals surface area contributed by atoms with Crippen LogP contribution >= 0.6 is 15.9 Å². The first-order valence-electron chi connectivity index (χ1n) is 7.21. The second kappa shape index (κ2) is 7.47. The minimum absolute atomic E-state index is 0.0347. The summed E-state index contributed by atoms with van der Waals surface area (Å²) in [5.74, 6) is -0.570. The number of rotatable bonds is 4. The van der Waals surface area contributed by atoms with Gasteiger partial charge in [0.25, 0.3) is 5.60 Å². The van der Waals surface area contributed by atoms with Gasteiger partial charge in [0.05, 0.1) is 6.42 Å². The smallest absolute Gasteiger partial charge is 0.369 e. The average Bonchev–Trinajstić information content (AvgIpc) is 2.55. The Bertz CT molecular complexity index is 790. The summed E-state index contributed by atoms with van der Waals surface area (Å²) < 4.78 is 77.6. The van der Waals surface area contributed by atoms with Crippen LogP contribution in [-0.4, -0.2) is 28.4 Å². The standard InChI is InChI=1S/C16H11BrF6N2O2/c17-10-3-6-12(24-8-10)7-13(26)25-11-4-1-9(2-5-11)14(27,15(18,19)20)16(21,22)23/h1-6,8,27H,7H2,(H,25,26). The molecule has 0 radical (unpaired) electrons. The maximum Gasteiger partial charge on any atom is 0.430 e. The van der Waals surface area contributed by atoms with Gasteiger partial charge in [0.2, 0.25) is 5.91 Å². The third-order valence-corrected chi connectivity index (χ3v) is 4.01. The number of halogens is 7. The number of pyridine rings is 1. The first kappa shape index (κ1) is 21.2. The molecule has 146 valence electrons. The molecule has 0 atom stereocenters. The fourth-order valence-corrected chi connectivity index (χ4v) is 2.40. The molecule has 0 unspecified atom stereocenters. The van der Waals surface area contributed by atoms with E-state index >= 15 is 0 Å². The number of carbonyl (C=O) groups is 1. The molecule has 1 aromatic heterocycles. The van der Waals surface area contributed by atoms with Crippen molar-refractivity contribution in [2.24, 2.45) is 0 Å². The van der Waals surface area contributed by atoms with E-state index in [-0.39, 0.29) is 12.1 Å². The Morgan fingerprint density at radius 3 is 2.00 bits per heavy atom. The highest BCUT2D eigenvalue weighted by molar-refractivity contribution is 9.10. The summed E-state index contributed by atoms with van der Waals surface area (Å²) in [6.07, 6.45) is -10.6. The first-order valence-corrected chi connectivity index (χ1v) is 8.00. The molecule has 1 heterocycles. The molecule has 0 aliphatic carbocycles. The molecular weight excluding hydrogens is 446 g/mol. The van der Waals surface area contributed by atoms with Gasteiger partial charge in [-0.2, -0.15) is 26.3 Å². The van der Waals surface area contributed by atoms with E-state index in [1.165, 1.54) is 6.20 Å². The Kier molecular flexibility index (Phi) is 5.85. The second-order valence-corrected chi connectivity index (χ2v) is 6.39. The first-order chi connectivity index (χ1) is 12.3. The highest BCUT2D eigenvalue weighted by atomic mass is 79.9. The minimum atomic E-state index is -5.97. The second-order valence-electron chi connectivity index (χ2n) is 5.48. The number of hydrogen-bond acceptors (Lipinski definition) is 3. The van der Waals surface area contributed by atoms with Crippen LogP contribution in [0.1, 0.15) is 11.3 Å². The summed E-state index contributed by atoms with van der Waals surface area (Å²) in [4.78, 5) is 15.9. The monoisotopic (exact) mass is 456 g/mol. The van der Waals surface area contributed by atoms with E-state index in [4.69, 9.17) is 0 Å². The Balaban J connectivity index is 2.16. The summed E-state index contributed by atoms with van der Waals surface area (Å²) in [6.45, 7) is 0. The van der Waals surface area contributed by atoms with E-state index < -0.39 is 29.4 Å². The molecule has 0 spiro atoms. The normalized spacial score (nSPS) is 12.7. The summed E-state index contributed by atoms with van der Waals surface area (Å²) in [7, 11) is 0. The van der Waals surface area contributed by atoms with Crippen molar-refractivity contribution in [3.63, 3.8) is 0 Å². The van der Waals surface area contributed by atoms with Crippen LogP contribution in [0.5, 0.6) is 0 Å². The molecule has 0 aliphatic rings. The molecule has 2 N–H and O–H groups in total. The van der Waals surface area contributed by atoms with Crippen molar-refractivity contribution in [2.75, 3.05) is 5.32 Å². The fourth-order valence-electron chi connectivity index (χ4n) is 2.16. The zero-order valence-electron chi connectivity index (χ0n) is 13.2. The van der Waals surface area contributed by atoms with Crippen molar-refractivity contribution in [3.8, 4) is 0 Å². The Labute approximate surface area is 157 Å². The van der Waals surface area contributed by atoms with Crippen molar-refractivity contribution >= 4 is 27.5 Å². The van der Waals surface area contributed by atoms with Crippen molar-refractivity contribution in [2.45, 2.75) is 24.4 Å². The number of nitrogens with zero attached hydrogens (tertiary/aromatic N) is 1. The van der Waals surface area contributed by atoms with Gasteiger partial charge in [-0.3, -0.25) is 9.78 Å². The number of nitrogens with one attached hydrogen (secondary N) is 1. The van der Waals surface area contributed by atoms with Gasteiger partial charge in [-0.1, -0.05) is 12.1 Å². The molecule has 2 aromatic rings. The van der Waals surface area contributed by atoms with Crippen molar-refractivity contribution in [3.05, 3.63) is 58.3 Å². The molecule has 0 aliphatic heterocycles. The summed E-state index contributed by atoms with van der Waals surface area (Å²) in [5, 5.41) is 11.6. The minimum Gasteiger partial charge on any atom is -0.369 e. The van der Waals surface area contributed by atoms with Crippen LogP contribution in [0.15, 0.2) is 47.1 Å². The number of anilines is 1. The van der Waals surface area contributed by atoms with E-state index in [1.807, 2.05) is 0 Å². The van der Waals surface area contributed by atoms with Crippen LogP contribution in [0, 0.1) is 0 Å². The summed E-state index contributed by atoms with van der Waals surface area (Å²) in [6, 6.07) is 5.80. The lowest BCUT2D eigenvalue weighted by atomic mass is 9.92. The average molecular weight is 457 g/mol. The third kappa shape index (κ3) is 4.59. The predicted molar refractivity (Wildman–Crippen MR) is 86.7 cm³/mol. The van der Waals surface area contributed by atoms with Gasteiger partial charge in [0.15, 0.2) is 0 Å². The molecule has 2 rings (SSSR count). The fraction of sp³-hybridized carbons (Fsp3) is 0.250. The predicted octanol–water partition coefficient (Wildman–Crippen LogP) is 4.34. The third-order valence-electron chi connectivity index (χ3n) is 3.54. The van der Waals surface area contributed by atoms with E-state index in [0.717, 1.165) is 12.1 Å². The molecule has 1 aromatic carbocycles. The molecule has 11 heteroatoms. The Morgan fingerprint density at radius 2 is 1.56 bits per heavy atom. The zero-order chi connectivity index (χ0) is 20.5. The quantitative estimate of drug-likeness (QED) is 0.672. The molecule has 1 amide bonds. The van der Waals surface area contributed by atoms with E-state index in [9.17, 15) is 36.2 Å². The van der Waals surface area contributed by atoms with Crippen molar-refractivity contribution < 1.29 is 36.2 Å². The number of aliphatic hydroxyl groups is 1. The van der Waals surface area contributed by atoms with E-state index in [1.54, 1.807) is 12.1 Å². The van der Waals surface area contributed by atoms with E-state index in [2.05, 4.69) is 26.2 Å². The van der Waals surface area contributed by atoms with Crippen molar-refractivity contribution in [1.82, 2.24) is 4.98 Å². The SMILES string of the molecule is O=C(Cc1ccc(Br)cn1)Nc1ccc(C(O)(C(F)(F)F)C(F)(F)F)cc1. The summed E-state index contributed by atoms with van der Waals surface area (Å²) >= 11 is 3.17. The van der Waals surface area contributed by atoms with E-state index in [0.29, 0.717) is 22.3 Å². The van der Waals surface area contributed by atoms with Crippen LogP contribution in [-0.2, 0) is 16.8 Å². The molecular formula is C16H11BrF6N2O2. The number of carbonyl (C=O) groups excluding carboxylic acids is 1. The molecule has 0 bridgehead atoms. The van der Waals surface area contributed by atoms with Gasteiger partial charge in [0, 0.05) is 27.6 Å². The summed E-state index contributed by atoms with van der Waals surface area (Å²) in [5.41, 5.74) is -6.04. The number of hydrogen-bond donors (Lipinski definition) is 2. The lowest BCUT2D eigenvalue weighted by Crippen LogP contribution is -2.53. The number of benzene rings is 1. The largest absolute Gasteiger partial charge is 0.430 e. The van der Waals surface area contributed by atoms with Gasteiger partial charge < -0.3 is 10.4 Å². The Hall–Kier alpha value is -2.14. The van der Waals surface area contributed by atoms with Crippen LogP contribution < -0.4 is 5.32 Å². The highest BCUT2D eigenvalue weighted by Gasteiger charge is 2.71. The molecule has 0 saturated carbocycles. The number of aromatic nitrogens is 1. The maximum atomic E-state index is 12.8. The molecule has 0 saturated heterocycles. The topological polar surface area (TPSA) is 62.2 Å². The van der Waals surface area contributed by atoms with Crippen LogP contribution in [0.3, 0.4) is 0 Å². The molecule has 27 heavy (non-hydrogen) atoms. The van der Waals surface area contributed by atoms with Gasteiger partial charge in [-0.25, -0.2) is 0 Å². The van der Waals surface area contributed by atoms with Crippen LogP contribution in [0.4, 0.5) is 32.0 Å². The number of amides is 1. The van der Waals surface area contributed by atoms with Gasteiger partial charge in [0.1, 0.15) is 0 Å². The van der Waals surface area contributed by atoms with Gasteiger partial charge in [-0.05, 0) is 40.2 Å². The Morgan fingerprint density at radius 1 is 1.00 bits per heavy atom. The van der Waals surface area contributed by atoms with Gasteiger partial charge in [-0.15, -0.1) is 0 Å². The van der Waals surface area contributed by atoms with Gasteiger partial charge >= 0.3 is 12.4 Å². The number of alkyl halides is 6. The lowest BCUT2D eigenvalue weighted by Gasteiger charge is -2.32. The zero-order valence-corrected chi connectivity index (χ0v) is 14.8. The maximum absolute atomic E-state index is 12.8. The highest BCUT2D eigenvalue weighted by Crippen LogP contribution is 2.50. The lowest BCUT2D eigenvalue weighted by molar-refractivity contribution is -0.376. The molecule has 4 nitrogen and oxygen atoms in total. The van der Waals surface area contributed by atoms with Crippen LogP contribution in [0.25, 0.3) is 0 Å². The molecule has 0 fully saturated rings. The van der Waals surface area contributed by atoms with Crippen molar-refractivity contribution in [1.29, 1.82) is 0 Å².